The van der Waals surface area contributed by atoms with Gasteiger partial charge >= 0.3 is 0 Å². The average molecular weight is 291 g/mol. The summed E-state index contributed by atoms with van der Waals surface area (Å²) in [4.78, 5) is 15.2. The number of carbonyl (C=O) groups is 1. The van der Waals surface area contributed by atoms with Crippen LogP contribution in [0.2, 0.25) is 5.02 Å². The molecule has 100 valence electrons. The molecule has 20 heavy (non-hydrogen) atoms. The molecule has 2 aromatic heterocycles. The Balaban J connectivity index is 2.29. The Kier molecular flexibility index (Phi) is 2.87. The van der Waals surface area contributed by atoms with Crippen LogP contribution >= 0.6 is 11.6 Å². The van der Waals surface area contributed by atoms with Crippen LogP contribution in [0.15, 0.2) is 36.7 Å². The van der Waals surface area contributed by atoms with Crippen LogP contribution in [0.5, 0.6) is 0 Å². The molecule has 0 aliphatic rings. The third-order valence-corrected chi connectivity index (χ3v) is 3.14. The molecule has 0 unspecified atom stereocenters. The van der Waals surface area contributed by atoms with Crippen molar-refractivity contribution in [3.8, 4) is 5.69 Å². The molecular weight excluding hydrogens is 283 g/mol. The summed E-state index contributed by atoms with van der Waals surface area (Å²) >= 11 is 5.99. The number of rotatable bonds is 2. The quantitative estimate of drug-likeness (QED) is 0.787. The summed E-state index contributed by atoms with van der Waals surface area (Å²) < 4.78 is 15.1. The topological polar surface area (TPSA) is 73.8 Å². The first-order valence-electron chi connectivity index (χ1n) is 5.66. The van der Waals surface area contributed by atoms with Crippen LogP contribution in [0, 0.1) is 5.82 Å². The number of para-hydroxylation sites is 1. The number of amides is 1. The highest BCUT2D eigenvalue weighted by Gasteiger charge is 2.15. The Morgan fingerprint density at radius 1 is 1.35 bits per heavy atom. The van der Waals surface area contributed by atoms with Crippen molar-refractivity contribution < 1.29 is 9.18 Å². The van der Waals surface area contributed by atoms with E-state index in [-0.39, 0.29) is 16.4 Å². The number of fused-ring (bicyclic) bond motifs is 1. The van der Waals surface area contributed by atoms with E-state index >= 15 is 0 Å². The van der Waals surface area contributed by atoms with Crippen molar-refractivity contribution in [3.05, 3.63) is 53.2 Å². The van der Waals surface area contributed by atoms with Gasteiger partial charge in [-0.05, 0) is 18.2 Å². The second-order valence-corrected chi connectivity index (χ2v) is 4.51. The number of pyridine rings is 1. The number of nitrogens with two attached hydrogens (primary N) is 1. The van der Waals surface area contributed by atoms with E-state index in [1.165, 1.54) is 29.2 Å². The van der Waals surface area contributed by atoms with Crippen LogP contribution in [0.25, 0.3) is 16.6 Å². The molecule has 3 aromatic rings. The molecule has 2 N–H and O–H groups in total. The van der Waals surface area contributed by atoms with E-state index in [4.69, 9.17) is 17.3 Å². The predicted octanol–water partition coefficient (Wildman–Crippen LogP) is 2.31. The van der Waals surface area contributed by atoms with Gasteiger partial charge in [0.05, 0.1) is 15.9 Å². The van der Waals surface area contributed by atoms with Crippen LogP contribution in [0.3, 0.4) is 0 Å². The SMILES string of the molecule is NC(=O)c1nccc2nn(-c3c(F)cccc3Cl)cc12. The predicted molar refractivity (Wildman–Crippen MR) is 72.4 cm³/mol. The molecule has 1 amide bonds. The highest BCUT2D eigenvalue weighted by Crippen LogP contribution is 2.25. The smallest absolute Gasteiger partial charge is 0.268 e. The van der Waals surface area contributed by atoms with Crippen LogP contribution in [-0.4, -0.2) is 20.7 Å². The van der Waals surface area contributed by atoms with Crippen LogP contribution in [0.4, 0.5) is 4.39 Å². The van der Waals surface area contributed by atoms with Crippen LogP contribution in [0.1, 0.15) is 10.5 Å². The molecule has 0 saturated heterocycles. The number of halogens is 2. The van der Waals surface area contributed by atoms with Crippen molar-refractivity contribution in [2.24, 2.45) is 5.73 Å². The minimum atomic E-state index is -0.671. The first kappa shape index (κ1) is 12.6. The standard InChI is InChI=1S/C13H8ClFN4O/c14-8-2-1-3-9(15)12(8)19-6-7-10(18-19)4-5-17-11(7)13(16)20/h1-6H,(H2,16,20). The summed E-state index contributed by atoms with van der Waals surface area (Å²) in [5, 5.41) is 4.85. The number of carbonyl (C=O) groups excluding carboxylic acids is 1. The molecule has 0 radical (unpaired) electrons. The maximum Gasteiger partial charge on any atom is 0.268 e. The van der Waals surface area contributed by atoms with E-state index in [9.17, 15) is 9.18 Å². The maximum atomic E-state index is 13.9. The Bertz CT molecular complexity index is 810. The lowest BCUT2D eigenvalue weighted by Gasteiger charge is -2.04. The van der Waals surface area contributed by atoms with Gasteiger partial charge in [-0.3, -0.25) is 9.78 Å². The molecule has 2 heterocycles. The fourth-order valence-corrected chi connectivity index (χ4v) is 2.21. The second kappa shape index (κ2) is 4.57. The van der Waals surface area contributed by atoms with E-state index in [1.54, 1.807) is 12.1 Å². The second-order valence-electron chi connectivity index (χ2n) is 4.10. The normalized spacial score (nSPS) is 10.9. The van der Waals surface area contributed by atoms with E-state index in [2.05, 4.69) is 10.1 Å². The molecule has 3 rings (SSSR count). The van der Waals surface area contributed by atoms with Gasteiger partial charge in [0.15, 0.2) is 0 Å². The Morgan fingerprint density at radius 2 is 2.15 bits per heavy atom. The lowest BCUT2D eigenvalue weighted by molar-refractivity contribution is 0.0997. The fraction of sp³-hybridized carbons (Fsp3) is 0. The van der Waals surface area contributed by atoms with Gasteiger partial charge in [-0.1, -0.05) is 17.7 Å². The van der Waals surface area contributed by atoms with Crippen LogP contribution in [-0.2, 0) is 0 Å². The summed E-state index contributed by atoms with van der Waals surface area (Å²) in [6.45, 7) is 0. The molecule has 0 fully saturated rings. The third kappa shape index (κ3) is 1.90. The molecule has 5 nitrogen and oxygen atoms in total. The molecule has 0 aliphatic carbocycles. The molecule has 1 aromatic carbocycles. The van der Waals surface area contributed by atoms with Gasteiger partial charge in [0, 0.05) is 12.4 Å². The molecule has 0 spiro atoms. The van der Waals surface area contributed by atoms with Gasteiger partial charge in [0.2, 0.25) is 0 Å². The molecule has 0 saturated carbocycles. The zero-order valence-corrected chi connectivity index (χ0v) is 10.8. The largest absolute Gasteiger partial charge is 0.364 e. The summed E-state index contributed by atoms with van der Waals surface area (Å²) in [5.74, 6) is -1.19. The van der Waals surface area contributed by atoms with Crippen molar-refractivity contribution in [2.75, 3.05) is 0 Å². The summed E-state index contributed by atoms with van der Waals surface area (Å²) in [7, 11) is 0. The van der Waals surface area contributed by atoms with Crippen molar-refractivity contribution in [1.82, 2.24) is 14.8 Å². The van der Waals surface area contributed by atoms with E-state index in [1.807, 2.05) is 0 Å². The van der Waals surface area contributed by atoms with Crippen molar-refractivity contribution >= 4 is 28.4 Å². The number of nitrogens with zero attached hydrogens (tertiary/aromatic N) is 3. The lowest BCUT2D eigenvalue weighted by Crippen LogP contribution is -2.13. The number of hydrogen-bond acceptors (Lipinski definition) is 3. The van der Waals surface area contributed by atoms with Gasteiger partial charge in [0.25, 0.3) is 5.91 Å². The summed E-state index contributed by atoms with van der Waals surface area (Å²) in [6.07, 6.45) is 2.90. The Morgan fingerprint density at radius 3 is 2.85 bits per heavy atom. The zero-order valence-electron chi connectivity index (χ0n) is 10.0. The Labute approximate surface area is 117 Å². The summed E-state index contributed by atoms with van der Waals surface area (Å²) in [6, 6.07) is 5.94. The number of hydrogen-bond donors (Lipinski definition) is 1. The molecule has 0 atom stereocenters. The minimum absolute atomic E-state index is 0.0845. The highest BCUT2D eigenvalue weighted by atomic mass is 35.5. The first-order valence-corrected chi connectivity index (χ1v) is 6.04. The van der Waals surface area contributed by atoms with E-state index in [0.29, 0.717) is 10.9 Å². The van der Waals surface area contributed by atoms with Gasteiger partial charge in [-0.15, -0.1) is 0 Å². The van der Waals surface area contributed by atoms with Gasteiger partial charge < -0.3 is 5.73 Å². The first-order chi connectivity index (χ1) is 9.58. The number of primary amides is 1. The third-order valence-electron chi connectivity index (χ3n) is 2.83. The van der Waals surface area contributed by atoms with Gasteiger partial charge in [0.1, 0.15) is 17.2 Å². The average Bonchev–Trinajstić information content (AvgIpc) is 2.81. The van der Waals surface area contributed by atoms with Gasteiger partial charge in [-0.25, -0.2) is 9.07 Å². The Hall–Kier alpha value is -2.47. The van der Waals surface area contributed by atoms with Crippen molar-refractivity contribution in [3.63, 3.8) is 0 Å². The summed E-state index contributed by atoms with van der Waals surface area (Å²) in [5.41, 5.74) is 5.93. The zero-order chi connectivity index (χ0) is 14.3. The fourth-order valence-electron chi connectivity index (χ4n) is 1.96. The monoisotopic (exact) mass is 290 g/mol. The number of aromatic nitrogens is 3. The maximum absolute atomic E-state index is 13.9. The molecule has 0 bridgehead atoms. The van der Waals surface area contributed by atoms with Crippen molar-refractivity contribution in [2.45, 2.75) is 0 Å². The molecule has 7 heteroatoms. The van der Waals surface area contributed by atoms with E-state index in [0.717, 1.165) is 0 Å². The molecular formula is C13H8ClFN4O. The number of benzene rings is 1. The van der Waals surface area contributed by atoms with Crippen LogP contribution < -0.4 is 5.73 Å². The van der Waals surface area contributed by atoms with Crippen molar-refractivity contribution in [1.29, 1.82) is 0 Å². The van der Waals surface area contributed by atoms with E-state index < -0.39 is 11.7 Å². The highest BCUT2D eigenvalue weighted by molar-refractivity contribution is 6.32. The molecule has 0 aliphatic heterocycles. The minimum Gasteiger partial charge on any atom is -0.364 e. The lowest BCUT2D eigenvalue weighted by atomic mass is 10.2. The van der Waals surface area contributed by atoms with Gasteiger partial charge in [-0.2, -0.15) is 5.10 Å².